The predicted molar refractivity (Wildman–Crippen MR) is 77.7 cm³/mol. The Morgan fingerprint density at radius 3 is 2.37 bits per heavy atom. The number of nitrogens with one attached hydrogen (secondary N) is 1. The van der Waals surface area contributed by atoms with Crippen LogP contribution >= 0.6 is 0 Å². The first-order chi connectivity index (χ1) is 8.78. The molecule has 112 valence electrons. The van der Waals surface area contributed by atoms with Gasteiger partial charge in [0.2, 0.25) is 10.0 Å². The minimum absolute atomic E-state index is 0.175. The fourth-order valence-corrected chi connectivity index (χ4v) is 5.01. The molecule has 0 spiro atoms. The molecule has 5 nitrogen and oxygen atoms in total. The number of hydrogen-bond acceptors (Lipinski definition) is 4. The molecule has 2 saturated heterocycles. The molecule has 19 heavy (non-hydrogen) atoms. The van der Waals surface area contributed by atoms with Crippen LogP contribution in [0.25, 0.3) is 0 Å². The van der Waals surface area contributed by atoms with Crippen molar-refractivity contribution >= 4 is 10.0 Å². The van der Waals surface area contributed by atoms with Gasteiger partial charge in [0, 0.05) is 45.3 Å². The molecule has 2 aliphatic heterocycles. The fourth-order valence-electron chi connectivity index (χ4n) is 2.95. The van der Waals surface area contributed by atoms with E-state index in [-0.39, 0.29) is 11.2 Å². The lowest BCUT2D eigenvalue weighted by atomic mass is 10.0. The van der Waals surface area contributed by atoms with Crippen LogP contribution in [-0.2, 0) is 10.0 Å². The summed E-state index contributed by atoms with van der Waals surface area (Å²) in [7, 11) is -3.10. The molecule has 0 aromatic carbocycles. The van der Waals surface area contributed by atoms with E-state index < -0.39 is 10.0 Å². The summed E-state index contributed by atoms with van der Waals surface area (Å²) >= 11 is 0. The summed E-state index contributed by atoms with van der Waals surface area (Å²) in [5, 5.41) is 3.34. The van der Waals surface area contributed by atoms with Gasteiger partial charge in [-0.25, -0.2) is 12.7 Å². The smallest absolute Gasteiger partial charge is 0.214 e. The van der Waals surface area contributed by atoms with Gasteiger partial charge in [-0.2, -0.15) is 0 Å². The van der Waals surface area contributed by atoms with E-state index in [9.17, 15) is 8.42 Å². The second kappa shape index (κ2) is 5.68. The van der Waals surface area contributed by atoms with Gasteiger partial charge in [0.1, 0.15) is 0 Å². The summed E-state index contributed by atoms with van der Waals surface area (Å²) in [6.07, 6.45) is 0.976. The summed E-state index contributed by atoms with van der Waals surface area (Å²) < 4.78 is 26.4. The van der Waals surface area contributed by atoms with Gasteiger partial charge in [-0.3, -0.25) is 4.90 Å². The van der Waals surface area contributed by atoms with E-state index in [4.69, 9.17) is 0 Å². The Labute approximate surface area is 117 Å². The molecule has 2 heterocycles. The van der Waals surface area contributed by atoms with Gasteiger partial charge in [0.25, 0.3) is 0 Å². The third-order valence-electron chi connectivity index (χ3n) is 3.80. The highest BCUT2D eigenvalue weighted by atomic mass is 32.2. The highest BCUT2D eigenvalue weighted by molar-refractivity contribution is 7.89. The lowest BCUT2D eigenvalue weighted by Gasteiger charge is -2.32. The molecular weight excluding hydrogens is 262 g/mol. The van der Waals surface area contributed by atoms with Crippen molar-refractivity contribution in [1.82, 2.24) is 14.5 Å². The normalized spacial score (nSPS) is 27.8. The van der Waals surface area contributed by atoms with Gasteiger partial charge in [0.05, 0.1) is 5.75 Å². The first-order valence-corrected chi connectivity index (χ1v) is 8.81. The molecule has 0 aromatic rings. The lowest BCUT2D eigenvalue weighted by Crippen LogP contribution is -2.49. The average Bonchev–Trinajstić information content (AvgIpc) is 2.77. The van der Waals surface area contributed by atoms with E-state index >= 15 is 0 Å². The molecule has 2 rings (SSSR count). The summed E-state index contributed by atoms with van der Waals surface area (Å²) in [6.45, 7) is 11.4. The molecule has 6 heteroatoms. The van der Waals surface area contributed by atoms with Crippen LogP contribution in [0.1, 0.15) is 27.2 Å². The van der Waals surface area contributed by atoms with Crippen molar-refractivity contribution < 1.29 is 8.42 Å². The topological polar surface area (TPSA) is 52.7 Å². The maximum absolute atomic E-state index is 12.4. The Hall–Kier alpha value is -0.170. The molecule has 1 N–H and O–H groups in total. The number of nitrogens with zero attached hydrogens (tertiary/aromatic N) is 2. The van der Waals surface area contributed by atoms with Crippen LogP contribution in [0.2, 0.25) is 0 Å². The summed E-state index contributed by atoms with van der Waals surface area (Å²) in [6, 6.07) is 0.414. The molecule has 0 amide bonds. The maximum atomic E-state index is 12.4. The first kappa shape index (κ1) is 15.2. The van der Waals surface area contributed by atoms with Gasteiger partial charge in [-0.15, -0.1) is 0 Å². The van der Waals surface area contributed by atoms with Crippen LogP contribution < -0.4 is 5.32 Å². The lowest BCUT2D eigenvalue weighted by molar-refractivity contribution is 0.179. The maximum Gasteiger partial charge on any atom is 0.214 e. The zero-order valence-electron chi connectivity index (χ0n) is 12.4. The molecule has 1 unspecified atom stereocenters. The van der Waals surface area contributed by atoms with Crippen LogP contribution in [-0.4, -0.2) is 68.7 Å². The van der Waals surface area contributed by atoms with E-state index in [1.165, 1.54) is 0 Å². The van der Waals surface area contributed by atoms with E-state index in [1.807, 2.05) is 20.8 Å². The third-order valence-corrected chi connectivity index (χ3v) is 6.15. The fraction of sp³-hybridized carbons (Fsp3) is 1.00. The van der Waals surface area contributed by atoms with Crippen molar-refractivity contribution in [3.8, 4) is 0 Å². The number of sulfonamides is 1. The Balaban J connectivity index is 1.94. The van der Waals surface area contributed by atoms with E-state index in [0.29, 0.717) is 19.1 Å². The minimum atomic E-state index is -3.10. The van der Waals surface area contributed by atoms with Crippen molar-refractivity contribution in [1.29, 1.82) is 0 Å². The first-order valence-electron chi connectivity index (χ1n) is 7.20. The monoisotopic (exact) mass is 289 g/mol. The Morgan fingerprint density at radius 2 is 1.79 bits per heavy atom. The number of hydrogen-bond donors (Lipinski definition) is 1. The molecular formula is C13H27N3O2S. The second-order valence-electron chi connectivity index (χ2n) is 6.90. The predicted octanol–water partition coefficient (Wildman–Crippen LogP) is 0.342. The second-order valence-corrected chi connectivity index (χ2v) is 8.87. The van der Waals surface area contributed by atoms with Crippen LogP contribution in [0.3, 0.4) is 0 Å². The van der Waals surface area contributed by atoms with Crippen molar-refractivity contribution in [3.05, 3.63) is 0 Å². The van der Waals surface area contributed by atoms with E-state index in [1.54, 1.807) is 4.31 Å². The van der Waals surface area contributed by atoms with Crippen molar-refractivity contribution in [2.24, 2.45) is 5.41 Å². The zero-order chi connectivity index (χ0) is 14.1. The SMILES string of the molecule is CC(C)(C)CS(=O)(=O)N1CCC(N2CCNCC2)C1. The van der Waals surface area contributed by atoms with Gasteiger partial charge in [-0.1, -0.05) is 20.8 Å². The quantitative estimate of drug-likeness (QED) is 0.814. The Morgan fingerprint density at radius 1 is 1.16 bits per heavy atom. The highest BCUT2D eigenvalue weighted by Gasteiger charge is 2.36. The van der Waals surface area contributed by atoms with Gasteiger partial charge < -0.3 is 5.32 Å². The molecule has 1 atom stereocenters. The molecule has 0 aliphatic carbocycles. The van der Waals surface area contributed by atoms with E-state index in [2.05, 4.69) is 10.2 Å². The third kappa shape index (κ3) is 4.15. The highest BCUT2D eigenvalue weighted by Crippen LogP contribution is 2.24. The average molecular weight is 289 g/mol. The summed E-state index contributed by atoms with van der Waals surface area (Å²) in [4.78, 5) is 2.43. The van der Waals surface area contributed by atoms with Crippen molar-refractivity contribution in [2.45, 2.75) is 33.2 Å². The molecule has 0 saturated carbocycles. The minimum Gasteiger partial charge on any atom is -0.314 e. The van der Waals surface area contributed by atoms with E-state index in [0.717, 1.165) is 32.6 Å². The zero-order valence-corrected chi connectivity index (χ0v) is 13.2. The number of rotatable bonds is 3. The molecule has 2 aliphatic rings. The van der Waals surface area contributed by atoms with Crippen molar-refractivity contribution in [2.75, 3.05) is 45.0 Å². The Kier molecular flexibility index (Phi) is 4.55. The van der Waals surface area contributed by atoms with Crippen LogP contribution in [0.5, 0.6) is 0 Å². The summed E-state index contributed by atoms with van der Waals surface area (Å²) in [5.74, 6) is 0.244. The standard InChI is InChI=1S/C13H27N3O2S/c1-13(2,3)11-19(17,18)16-7-4-12(10-16)15-8-5-14-6-9-15/h12,14H,4-11H2,1-3H3. The van der Waals surface area contributed by atoms with Crippen molar-refractivity contribution in [3.63, 3.8) is 0 Å². The van der Waals surface area contributed by atoms with Crippen LogP contribution in [0.15, 0.2) is 0 Å². The molecule has 0 radical (unpaired) electrons. The van der Waals surface area contributed by atoms with Crippen LogP contribution in [0, 0.1) is 5.41 Å². The van der Waals surface area contributed by atoms with Gasteiger partial charge in [0.15, 0.2) is 0 Å². The summed E-state index contributed by atoms with van der Waals surface area (Å²) in [5.41, 5.74) is -0.175. The largest absolute Gasteiger partial charge is 0.314 e. The molecule has 0 aromatic heterocycles. The Bertz CT molecular complexity index is 397. The number of piperazine rings is 1. The van der Waals surface area contributed by atoms with Gasteiger partial charge >= 0.3 is 0 Å². The molecule has 0 bridgehead atoms. The van der Waals surface area contributed by atoms with Crippen LogP contribution in [0.4, 0.5) is 0 Å². The van der Waals surface area contributed by atoms with Gasteiger partial charge in [-0.05, 0) is 11.8 Å². The molecule has 2 fully saturated rings.